The number of allylic oxidation sites excluding steroid dienone is 1. The molecule has 0 radical (unpaired) electrons. The zero-order valence-electron chi connectivity index (χ0n) is 22.4. The Morgan fingerprint density at radius 3 is 1.94 bits per heavy atom. The van der Waals surface area contributed by atoms with Gasteiger partial charge >= 0.3 is 0 Å². The minimum Gasteiger partial charge on any atom is -0.372 e. The smallest absolute Gasteiger partial charge is 0.149 e. The minimum absolute atomic E-state index is 0.119. The quantitative estimate of drug-likeness (QED) is 0.307. The van der Waals surface area contributed by atoms with E-state index in [1.165, 1.54) is 28.1 Å². The number of nitrogens with zero attached hydrogens (tertiary/aromatic N) is 5. The molecule has 0 spiro atoms. The summed E-state index contributed by atoms with van der Waals surface area (Å²) in [4.78, 5) is 9.35. The molecule has 1 aliphatic rings. The van der Waals surface area contributed by atoms with Crippen LogP contribution in [0.4, 0.5) is 17.2 Å². The van der Waals surface area contributed by atoms with E-state index in [4.69, 9.17) is 5.10 Å². The van der Waals surface area contributed by atoms with Crippen LogP contribution in [0.5, 0.6) is 0 Å². The summed E-state index contributed by atoms with van der Waals surface area (Å²) < 4.78 is 0. The molecule has 36 heavy (non-hydrogen) atoms. The van der Waals surface area contributed by atoms with Crippen molar-refractivity contribution in [3.63, 3.8) is 0 Å². The molecule has 0 saturated heterocycles. The van der Waals surface area contributed by atoms with Crippen LogP contribution in [0.1, 0.15) is 58.2 Å². The second-order valence-corrected chi connectivity index (χ2v) is 9.15. The standard InChI is InChI=1S/C31H39N5/c1-6-34(7-2)27-17-13-25(14-18-27)22-24(5)29-23-30(36(33-29)31-12-10-11-21-32-31)26-15-19-28(20-16-26)35(8-3)9-4/h10-22,30H,6-9,23H2,1-5H3/b24-22+. The summed E-state index contributed by atoms with van der Waals surface area (Å²) in [6.45, 7) is 15.0. The Labute approximate surface area is 216 Å². The molecule has 4 rings (SSSR count). The second-order valence-electron chi connectivity index (χ2n) is 9.15. The van der Waals surface area contributed by atoms with Crippen molar-refractivity contribution in [2.45, 2.75) is 47.1 Å². The Kier molecular flexibility index (Phi) is 8.42. The highest BCUT2D eigenvalue weighted by Gasteiger charge is 2.30. The molecule has 0 saturated carbocycles. The van der Waals surface area contributed by atoms with Crippen LogP contribution < -0.4 is 14.8 Å². The van der Waals surface area contributed by atoms with Crippen LogP contribution >= 0.6 is 0 Å². The van der Waals surface area contributed by atoms with Crippen LogP contribution in [0.2, 0.25) is 0 Å². The summed E-state index contributed by atoms with van der Waals surface area (Å²) in [6, 6.07) is 23.9. The van der Waals surface area contributed by atoms with Gasteiger partial charge in [-0.25, -0.2) is 9.99 Å². The Morgan fingerprint density at radius 2 is 1.42 bits per heavy atom. The Hall–Kier alpha value is -3.60. The fourth-order valence-electron chi connectivity index (χ4n) is 4.91. The zero-order valence-corrected chi connectivity index (χ0v) is 22.4. The Balaban J connectivity index is 1.60. The summed E-state index contributed by atoms with van der Waals surface area (Å²) in [5, 5.41) is 7.16. The molecule has 5 nitrogen and oxygen atoms in total. The van der Waals surface area contributed by atoms with Crippen LogP contribution in [0, 0.1) is 0 Å². The molecule has 0 aliphatic carbocycles. The van der Waals surface area contributed by atoms with Crippen molar-refractivity contribution in [1.82, 2.24) is 4.98 Å². The van der Waals surface area contributed by atoms with Gasteiger partial charge in [0.05, 0.1) is 11.8 Å². The fraction of sp³-hybridized carbons (Fsp3) is 0.355. The summed E-state index contributed by atoms with van der Waals surface area (Å²) in [7, 11) is 0. The normalized spacial score (nSPS) is 15.7. The fourth-order valence-corrected chi connectivity index (χ4v) is 4.91. The maximum atomic E-state index is 5.07. The third-order valence-electron chi connectivity index (χ3n) is 7.06. The van der Waals surface area contributed by atoms with Crippen LogP contribution in [0.3, 0.4) is 0 Å². The molecule has 0 fully saturated rings. The van der Waals surface area contributed by atoms with Gasteiger partial charge < -0.3 is 9.80 Å². The number of anilines is 3. The largest absolute Gasteiger partial charge is 0.372 e. The van der Waals surface area contributed by atoms with Crippen molar-refractivity contribution in [2.24, 2.45) is 5.10 Å². The maximum absolute atomic E-state index is 5.07. The molecule has 1 aromatic heterocycles. The first-order valence-electron chi connectivity index (χ1n) is 13.2. The van der Waals surface area contributed by atoms with Gasteiger partial charge in [-0.2, -0.15) is 5.10 Å². The van der Waals surface area contributed by atoms with Crippen molar-refractivity contribution in [3.8, 4) is 0 Å². The van der Waals surface area contributed by atoms with Crippen molar-refractivity contribution in [3.05, 3.63) is 89.6 Å². The van der Waals surface area contributed by atoms with Crippen LogP contribution in [-0.2, 0) is 0 Å². The topological polar surface area (TPSA) is 35.0 Å². The number of hydrogen-bond acceptors (Lipinski definition) is 5. The molecule has 3 aromatic rings. The van der Waals surface area contributed by atoms with E-state index in [2.05, 4.69) is 109 Å². The summed E-state index contributed by atoms with van der Waals surface area (Å²) in [5.41, 5.74) is 7.27. The van der Waals surface area contributed by atoms with E-state index in [1.807, 2.05) is 24.4 Å². The van der Waals surface area contributed by atoms with Crippen LogP contribution in [0.25, 0.3) is 6.08 Å². The lowest BCUT2D eigenvalue weighted by Crippen LogP contribution is -2.22. The lowest BCUT2D eigenvalue weighted by Gasteiger charge is -2.25. The molecular formula is C31H39N5. The van der Waals surface area contributed by atoms with E-state index in [0.717, 1.165) is 44.1 Å². The molecule has 1 aliphatic heterocycles. The lowest BCUT2D eigenvalue weighted by molar-refractivity contribution is 0.698. The van der Waals surface area contributed by atoms with Gasteiger partial charge in [-0.15, -0.1) is 0 Å². The SMILES string of the molecule is CCN(CC)c1ccc(/C=C(\C)C2=NN(c3ccccn3)C(c3ccc(N(CC)CC)cc3)C2)cc1. The van der Waals surface area contributed by atoms with Gasteiger partial charge in [-0.1, -0.05) is 36.4 Å². The number of hydrazone groups is 1. The first-order chi connectivity index (χ1) is 17.6. The lowest BCUT2D eigenvalue weighted by atomic mass is 9.97. The number of benzene rings is 2. The third kappa shape index (κ3) is 5.62. The summed E-state index contributed by atoms with van der Waals surface area (Å²) >= 11 is 0. The number of hydrogen-bond donors (Lipinski definition) is 0. The molecule has 188 valence electrons. The van der Waals surface area contributed by atoms with Gasteiger partial charge in [0.25, 0.3) is 0 Å². The van der Waals surface area contributed by atoms with E-state index >= 15 is 0 Å². The summed E-state index contributed by atoms with van der Waals surface area (Å²) in [5.74, 6) is 0.877. The van der Waals surface area contributed by atoms with E-state index in [9.17, 15) is 0 Å². The zero-order chi connectivity index (χ0) is 25.5. The molecular weight excluding hydrogens is 442 g/mol. The number of aromatic nitrogens is 1. The van der Waals surface area contributed by atoms with Crippen LogP contribution in [-0.4, -0.2) is 36.9 Å². The van der Waals surface area contributed by atoms with Crippen molar-refractivity contribution >= 4 is 29.0 Å². The van der Waals surface area contributed by atoms with E-state index in [0.29, 0.717) is 0 Å². The monoisotopic (exact) mass is 481 g/mol. The molecule has 2 heterocycles. The molecule has 2 aromatic carbocycles. The van der Waals surface area contributed by atoms with Crippen molar-refractivity contribution in [1.29, 1.82) is 0 Å². The van der Waals surface area contributed by atoms with Gasteiger partial charge in [0.1, 0.15) is 5.82 Å². The van der Waals surface area contributed by atoms with E-state index in [1.54, 1.807) is 0 Å². The highest BCUT2D eigenvalue weighted by atomic mass is 15.5. The molecule has 1 unspecified atom stereocenters. The van der Waals surface area contributed by atoms with Crippen molar-refractivity contribution < 1.29 is 0 Å². The number of pyridine rings is 1. The Bertz CT molecular complexity index is 1160. The highest BCUT2D eigenvalue weighted by Crippen LogP contribution is 2.36. The number of rotatable bonds is 10. The van der Waals surface area contributed by atoms with Gasteiger partial charge in [0, 0.05) is 50.2 Å². The van der Waals surface area contributed by atoms with Gasteiger partial charge in [0.15, 0.2) is 0 Å². The first-order valence-corrected chi connectivity index (χ1v) is 13.2. The average molecular weight is 482 g/mol. The highest BCUT2D eigenvalue weighted by molar-refractivity contribution is 6.05. The first kappa shape index (κ1) is 25.5. The predicted molar refractivity (Wildman–Crippen MR) is 155 cm³/mol. The predicted octanol–water partition coefficient (Wildman–Crippen LogP) is 7.18. The molecule has 0 N–H and O–H groups in total. The molecule has 0 bridgehead atoms. The molecule has 1 atom stereocenters. The van der Waals surface area contributed by atoms with Gasteiger partial charge in [-0.3, -0.25) is 0 Å². The maximum Gasteiger partial charge on any atom is 0.149 e. The molecule has 0 amide bonds. The minimum atomic E-state index is 0.119. The average Bonchev–Trinajstić information content (AvgIpc) is 3.38. The van der Waals surface area contributed by atoms with E-state index in [-0.39, 0.29) is 6.04 Å². The van der Waals surface area contributed by atoms with Gasteiger partial charge in [0.2, 0.25) is 0 Å². The second kappa shape index (κ2) is 11.9. The Morgan fingerprint density at radius 1 is 0.833 bits per heavy atom. The molecule has 5 heteroatoms. The van der Waals surface area contributed by atoms with E-state index < -0.39 is 0 Å². The van der Waals surface area contributed by atoms with Gasteiger partial charge in [-0.05, 0) is 87.7 Å². The van der Waals surface area contributed by atoms with Crippen molar-refractivity contribution in [2.75, 3.05) is 41.0 Å². The van der Waals surface area contributed by atoms with Crippen LogP contribution in [0.15, 0.2) is 83.6 Å². The summed E-state index contributed by atoms with van der Waals surface area (Å²) in [6.07, 6.45) is 4.93. The third-order valence-corrected chi connectivity index (χ3v) is 7.06.